The molecule has 0 aromatic carbocycles. The summed E-state index contributed by atoms with van der Waals surface area (Å²) in [7, 11) is 1.69. The quantitative estimate of drug-likeness (QED) is 0.768. The fraction of sp³-hybridized carbons (Fsp3) is 1.00. The van der Waals surface area contributed by atoms with Crippen molar-refractivity contribution in [3.63, 3.8) is 0 Å². The predicted molar refractivity (Wildman–Crippen MR) is 75.3 cm³/mol. The first-order chi connectivity index (χ1) is 8.46. The molecular weight excluding hydrogens is 226 g/mol. The summed E-state index contributed by atoms with van der Waals surface area (Å²) in [5, 5.41) is 10.6. The van der Waals surface area contributed by atoms with E-state index in [4.69, 9.17) is 10.5 Å². The lowest BCUT2D eigenvalue weighted by molar-refractivity contribution is -0.0598. The Labute approximate surface area is 112 Å². The van der Waals surface area contributed by atoms with Gasteiger partial charge in [-0.15, -0.1) is 0 Å². The molecule has 2 atom stereocenters. The summed E-state index contributed by atoms with van der Waals surface area (Å²) in [6.07, 6.45) is 4.18. The average molecular weight is 257 g/mol. The van der Waals surface area contributed by atoms with Gasteiger partial charge in [-0.1, -0.05) is 20.8 Å². The van der Waals surface area contributed by atoms with Crippen molar-refractivity contribution in [1.29, 1.82) is 0 Å². The molecule has 3 N–H and O–H groups in total. The zero-order valence-electron chi connectivity index (χ0n) is 12.5. The second kappa shape index (κ2) is 6.88. The van der Waals surface area contributed by atoms with Crippen molar-refractivity contribution in [1.82, 2.24) is 0 Å². The third-order valence-corrected chi connectivity index (χ3v) is 4.97. The zero-order valence-corrected chi connectivity index (χ0v) is 12.5. The molecule has 0 radical (unpaired) electrons. The molecule has 0 saturated heterocycles. The van der Waals surface area contributed by atoms with Crippen molar-refractivity contribution in [2.75, 3.05) is 20.3 Å². The normalized spacial score (nSPS) is 32.5. The Morgan fingerprint density at radius 1 is 1.28 bits per heavy atom. The van der Waals surface area contributed by atoms with Crippen LogP contribution in [0.1, 0.15) is 46.5 Å². The molecule has 2 unspecified atom stereocenters. The molecule has 0 spiro atoms. The minimum atomic E-state index is -0.337. The number of ether oxygens (including phenoxy) is 1. The highest BCUT2D eigenvalue weighted by atomic mass is 16.5. The lowest BCUT2D eigenvalue weighted by Crippen LogP contribution is -2.48. The van der Waals surface area contributed by atoms with Crippen LogP contribution in [0.25, 0.3) is 0 Å². The molecule has 1 aliphatic rings. The molecule has 1 fully saturated rings. The lowest BCUT2D eigenvalue weighted by Gasteiger charge is -2.45. The fourth-order valence-electron chi connectivity index (χ4n) is 3.46. The van der Waals surface area contributed by atoms with Crippen LogP contribution in [0.15, 0.2) is 0 Å². The van der Waals surface area contributed by atoms with Crippen LogP contribution < -0.4 is 5.73 Å². The van der Waals surface area contributed by atoms with Gasteiger partial charge in [0.1, 0.15) is 0 Å². The van der Waals surface area contributed by atoms with E-state index in [9.17, 15) is 5.11 Å². The number of nitrogens with two attached hydrogens (primary N) is 1. The number of rotatable bonds is 6. The Kier molecular flexibility index (Phi) is 6.09. The molecule has 0 heterocycles. The molecule has 0 aromatic heterocycles. The van der Waals surface area contributed by atoms with E-state index in [1.165, 1.54) is 12.8 Å². The van der Waals surface area contributed by atoms with Gasteiger partial charge in [-0.05, 0) is 37.5 Å². The molecule has 0 aliphatic heterocycles. The van der Waals surface area contributed by atoms with Gasteiger partial charge >= 0.3 is 0 Å². The molecule has 1 rings (SSSR count). The molecule has 3 nitrogen and oxygen atoms in total. The first-order valence-corrected chi connectivity index (χ1v) is 7.34. The predicted octanol–water partition coefficient (Wildman–Crippen LogP) is 2.42. The molecule has 0 bridgehead atoms. The summed E-state index contributed by atoms with van der Waals surface area (Å²) >= 11 is 0. The molecule has 1 saturated carbocycles. The Hall–Kier alpha value is -0.120. The summed E-state index contributed by atoms with van der Waals surface area (Å²) in [6, 6.07) is 0. The number of hydrogen-bond acceptors (Lipinski definition) is 3. The summed E-state index contributed by atoms with van der Waals surface area (Å²) in [5.74, 6) is 1.71. The Balaban J connectivity index is 2.65. The molecule has 18 heavy (non-hydrogen) atoms. The molecule has 3 heteroatoms. The zero-order chi connectivity index (χ0) is 13.8. The van der Waals surface area contributed by atoms with E-state index in [0.717, 1.165) is 24.7 Å². The maximum atomic E-state index is 10.6. The van der Waals surface area contributed by atoms with Crippen molar-refractivity contribution >= 4 is 0 Å². The van der Waals surface area contributed by atoms with E-state index in [-0.39, 0.29) is 17.4 Å². The first-order valence-electron chi connectivity index (χ1n) is 7.34. The van der Waals surface area contributed by atoms with E-state index in [1.807, 2.05) is 0 Å². The van der Waals surface area contributed by atoms with Gasteiger partial charge in [0.25, 0.3) is 0 Å². The second-order valence-corrected chi connectivity index (χ2v) is 6.53. The minimum absolute atomic E-state index is 0.0800. The van der Waals surface area contributed by atoms with Gasteiger partial charge in [0, 0.05) is 25.0 Å². The van der Waals surface area contributed by atoms with Gasteiger partial charge in [0.2, 0.25) is 0 Å². The van der Waals surface area contributed by atoms with Crippen LogP contribution in [0.2, 0.25) is 0 Å². The monoisotopic (exact) mass is 257 g/mol. The van der Waals surface area contributed by atoms with Gasteiger partial charge in [-0.25, -0.2) is 0 Å². The van der Waals surface area contributed by atoms with Crippen LogP contribution in [0.4, 0.5) is 0 Å². The van der Waals surface area contributed by atoms with Crippen LogP contribution in [-0.4, -0.2) is 31.5 Å². The summed E-state index contributed by atoms with van der Waals surface area (Å²) in [4.78, 5) is 0. The van der Waals surface area contributed by atoms with Gasteiger partial charge in [-0.3, -0.25) is 0 Å². The van der Waals surface area contributed by atoms with Crippen LogP contribution in [0.5, 0.6) is 0 Å². The first kappa shape index (κ1) is 15.9. The fourth-order valence-corrected chi connectivity index (χ4v) is 3.46. The Morgan fingerprint density at radius 3 is 2.22 bits per heavy atom. The highest BCUT2D eigenvalue weighted by molar-refractivity contribution is 4.94. The van der Waals surface area contributed by atoms with Crippen LogP contribution >= 0.6 is 0 Å². The third kappa shape index (κ3) is 3.46. The highest BCUT2D eigenvalue weighted by Crippen LogP contribution is 2.44. The third-order valence-electron chi connectivity index (χ3n) is 4.97. The topological polar surface area (TPSA) is 55.5 Å². The number of aliphatic hydroxyl groups excluding tert-OH is 1. The maximum absolute atomic E-state index is 10.6. The molecule has 108 valence electrons. The van der Waals surface area contributed by atoms with Gasteiger partial charge in [0.15, 0.2) is 0 Å². The highest BCUT2D eigenvalue weighted by Gasteiger charge is 2.42. The van der Waals surface area contributed by atoms with Crippen molar-refractivity contribution in [2.45, 2.75) is 52.6 Å². The summed E-state index contributed by atoms with van der Waals surface area (Å²) in [6.45, 7) is 7.85. The summed E-state index contributed by atoms with van der Waals surface area (Å²) in [5.41, 5.74) is 5.91. The van der Waals surface area contributed by atoms with Crippen LogP contribution in [0, 0.1) is 23.2 Å². The van der Waals surface area contributed by atoms with Crippen molar-refractivity contribution in [3.05, 3.63) is 0 Å². The van der Waals surface area contributed by atoms with Gasteiger partial charge in [0.05, 0.1) is 12.7 Å². The lowest BCUT2D eigenvalue weighted by atomic mass is 9.63. The SMILES string of the molecule is COCC(C)C(O)C1(CN)CCC(C(C)C)CC1. The molecule has 0 aromatic rings. The average Bonchev–Trinajstić information content (AvgIpc) is 2.38. The van der Waals surface area contributed by atoms with Crippen molar-refractivity contribution in [3.8, 4) is 0 Å². The standard InChI is InChI=1S/C15H31NO2/c1-11(2)13-5-7-15(10-16,8-6-13)14(17)12(3)9-18-4/h11-14,17H,5-10,16H2,1-4H3. The minimum Gasteiger partial charge on any atom is -0.392 e. The maximum Gasteiger partial charge on any atom is 0.0655 e. The van der Waals surface area contributed by atoms with Crippen LogP contribution in [0.3, 0.4) is 0 Å². The van der Waals surface area contributed by atoms with E-state index >= 15 is 0 Å². The number of hydrogen-bond donors (Lipinski definition) is 2. The van der Waals surface area contributed by atoms with Crippen molar-refractivity contribution < 1.29 is 9.84 Å². The Morgan fingerprint density at radius 2 is 1.83 bits per heavy atom. The van der Waals surface area contributed by atoms with E-state index in [0.29, 0.717) is 13.2 Å². The largest absolute Gasteiger partial charge is 0.392 e. The molecule has 1 aliphatic carbocycles. The van der Waals surface area contributed by atoms with Gasteiger partial charge < -0.3 is 15.6 Å². The summed E-state index contributed by atoms with van der Waals surface area (Å²) < 4.78 is 5.16. The second-order valence-electron chi connectivity index (χ2n) is 6.53. The molecular formula is C15H31NO2. The van der Waals surface area contributed by atoms with Crippen molar-refractivity contribution in [2.24, 2.45) is 28.9 Å². The van der Waals surface area contributed by atoms with Gasteiger partial charge in [-0.2, -0.15) is 0 Å². The van der Waals surface area contributed by atoms with E-state index in [1.54, 1.807) is 7.11 Å². The van der Waals surface area contributed by atoms with E-state index in [2.05, 4.69) is 20.8 Å². The number of aliphatic hydroxyl groups is 1. The van der Waals surface area contributed by atoms with Crippen LogP contribution in [-0.2, 0) is 4.74 Å². The smallest absolute Gasteiger partial charge is 0.0655 e. The molecule has 0 amide bonds. The number of methoxy groups -OCH3 is 1. The Bertz CT molecular complexity index is 235. The van der Waals surface area contributed by atoms with E-state index < -0.39 is 0 Å².